The highest BCUT2D eigenvalue weighted by molar-refractivity contribution is 5.81. The average Bonchev–Trinajstić information content (AvgIpc) is 3.13. The van der Waals surface area contributed by atoms with Gasteiger partial charge in [0.25, 0.3) is 0 Å². The van der Waals surface area contributed by atoms with Gasteiger partial charge < -0.3 is 19.5 Å². The normalized spacial score (nSPS) is 19.0. The van der Waals surface area contributed by atoms with Crippen LogP contribution >= 0.6 is 0 Å². The Morgan fingerprint density at radius 2 is 1.96 bits per heavy atom. The molecule has 0 bridgehead atoms. The predicted molar refractivity (Wildman–Crippen MR) is 99.5 cm³/mol. The van der Waals surface area contributed by atoms with Crippen LogP contribution in [0.4, 0.5) is 0 Å². The summed E-state index contributed by atoms with van der Waals surface area (Å²) in [6, 6.07) is 3.63. The zero-order chi connectivity index (χ0) is 19.1. The Hall–Kier alpha value is -2.31. The van der Waals surface area contributed by atoms with E-state index in [1.807, 2.05) is 15.9 Å². The molecule has 1 N–H and O–H groups in total. The second kappa shape index (κ2) is 9.58. The number of carbonyl (C=O) groups is 3. The van der Waals surface area contributed by atoms with Crippen molar-refractivity contribution < 1.29 is 18.8 Å². The lowest BCUT2D eigenvalue weighted by molar-refractivity contribution is -0.137. The minimum Gasteiger partial charge on any atom is -0.467 e. The van der Waals surface area contributed by atoms with Crippen LogP contribution in [0.1, 0.15) is 50.7 Å². The predicted octanol–water partition coefficient (Wildman–Crippen LogP) is 1.93. The molecule has 3 rings (SSSR count). The fraction of sp³-hybridized carbons (Fsp3) is 0.650. The van der Waals surface area contributed by atoms with Gasteiger partial charge in [0.1, 0.15) is 5.76 Å². The van der Waals surface area contributed by atoms with Gasteiger partial charge in [-0.15, -0.1) is 0 Å². The van der Waals surface area contributed by atoms with E-state index in [1.54, 1.807) is 12.3 Å². The molecule has 2 saturated heterocycles. The monoisotopic (exact) mass is 375 g/mol. The molecule has 2 aliphatic heterocycles. The molecule has 7 heteroatoms. The number of furan rings is 1. The van der Waals surface area contributed by atoms with Gasteiger partial charge in [0.15, 0.2) is 0 Å². The Kier molecular flexibility index (Phi) is 6.90. The van der Waals surface area contributed by atoms with Gasteiger partial charge >= 0.3 is 0 Å². The third kappa shape index (κ3) is 5.58. The van der Waals surface area contributed by atoms with Crippen LogP contribution in [-0.2, 0) is 20.9 Å². The van der Waals surface area contributed by atoms with Crippen LogP contribution in [0.25, 0.3) is 0 Å². The largest absolute Gasteiger partial charge is 0.467 e. The fourth-order valence-electron chi connectivity index (χ4n) is 3.79. The molecule has 27 heavy (non-hydrogen) atoms. The minimum atomic E-state index is -0.0591. The maximum atomic E-state index is 12.5. The number of nitrogens with zero attached hydrogens (tertiary/aromatic N) is 2. The zero-order valence-electron chi connectivity index (χ0n) is 15.8. The van der Waals surface area contributed by atoms with Crippen molar-refractivity contribution in [2.24, 2.45) is 5.92 Å². The smallest absolute Gasteiger partial charge is 0.224 e. The van der Waals surface area contributed by atoms with Crippen molar-refractivity contribution in [3.8, 4) is 0 Å². The van der Waals surface area contributed by atoms with Crippen molar-refractivity contribution in [3.63, 3.8) is 0 Å². The Bertz CT molecular complexity index is 636. The lowest BCUT2D eigenvalue weighted by Crippen LogP contribution is -2.44. The van der Waals surface area contributed by atoms with Crippen LogP contribution in [0.5, 0.6) is 0 Å². The van der Waals surface area contributed by atoms with Crippen molar-refractivity contribution in [1.29, 1.82) is 0 Å². The fourth-order valence-corrected chi connectivity index (χ4v) is 3.79. The Balaban J connectivity index is 1.37. The van der Waals surface area contributed by atoms with E-state index >= 15 is 0 Å². The molecule has 3 heterocycles. The van der Waals surface area contributed by atoms with Crippen molar-refractivity contribution in [3.05, 3.63) is 24.2 Å². The summed E-state index contributed by atoms with van der Waals surface area (Å²) < 4.78 is 5.22. The van der Waals surface area contributed by atoms with E-state index in [9.17, 15) is 14.4 Å². The first-order valence-corrected chi connectivity index (χ1v) is 9.99. The van der Waals surface area contributed by atoms with Gasteiger partial charge in [-0.3, -0.25) is 14.4 Å². The Morgan fingerprint density at radius 1 is 1.15 bits per heavy atom. The molecule has 148 valence electrons. The average molecular weight is 375 g/mol. The summed E-state index contributed by atoms with van der Waals surface area (Å²) in [5.74, 6) is 0.956. The molecule has 2 fully saturated rings. The van der Waals surface area contributed by atoms with Gasteiger partial charge in [0.05, 0.1) is 12.8 Å². The summed E-state index contributed by atoms with van der Waals surface area (Å²) in [5.41, 5.74) is 0. The first kappa shape index (κ1) is 19.5. The van der Waals surface area contributed by atoms with Gasteiger partial charge in [-0.1, -0.05) is 6.42 Å². The molecule has 0 aliphatic carbocycles. The molecule has 3 amide bonds. The molecular weight excluding hydrogens is 346 g/mol. The topological polar surface area (TPSA) is 82.9 Å². The van der Waals surface area contributed by atoms with Crippen LogP contribution in [0.2, 0.25) is 0 Å². The maximum Gasteiger partial charge on any atom is 0.224 e. The molecule has 0 radical (unpaired) electrons. The summed E-state index contributed by atoms with van der Waals surface area (Å²) in [6.45, 7) is 2.89. The summed E-state index contributed by atoms with van der Waals surface area (Å²) in [4.78, 5) is 40.4. The van der Waals surface area contributed by atoms with Gasteiger partial charge in [0.2, 0.25) is 17.7 Å². The lowest BCUT2D eigenvalue weighted by Gasteiger charge is -2.32. The first-order valence-electron chi connectivity index (χ1n) is 9.99. The van der Waals surface area contributed by atoms with Gasteiger partial charge in [-0.2, -0.15) is 0 Å². The first-order chi connectivity index (χ1) is 13.1. The van der Waals surface area contributed by atoms with E-state index in [4.69, 9.17) is 4.42 Å². The standard InChI is InChI=1S/C20H29N3O4/c24-18-6-2-1-3-10-22(18)13-9-19(25)23-11-7-16(8-12-23)20(26)21-15-17-5-4-14-27-17/h4-5,14,16H,1-3,6-13,15H2,(H,21,26). The van der Waals surface area contributed by atoms with Crippen molar-refractivity contribution in [1.82, 2.24) is 15.1 Å². The SMILES string of the molecule is O=C(NCc1ccco1)C1CCN(C(=O)CCN2CCCCCC2=O)CC1. The van der Waals surface area contributed by atoms with E-state index in [0.29, 0.717) is 51.9 Å². The quantitative estimate of drug-likeness (QED) is 0.824. The highest BCUT2D eigenvalue weighted by Crippen LogP contribution is 2.19. The number of carbonyl (C=O) groups excluding carboxylic acids is 3. The minimum absolute atomic E-state index is 0.0219. The van der Waals surface area contributed by atoms with Crippen molar-refractivity contribution in [2.45, 2.75) is 51.5 Å². The molecule has 0 aromatic carbocycles. The number of hydrogen-bond donors (Lipinski definition) is 1. The summed E-state index contributed by atoms with van der Waals surface area (Å²) in [6.07, 6.45) is 7.00. The Morgan fingerprint density at radius 3 is 2.70 bits per heavy atom. The van der Waals surface area contributed by atoms with Crippen molar-refractivity contribution >= 4 is 17.7 Å². The number of hydrogen-bond acceptors (Lipinski definition) is 4. The molecule has 0 saturated carbocycles. The Labute approximate surface area is 160 Å². The van der Waals surface area contributed by atoms with E-state index in [2.05, 4.69) is 5.32 Å². The van der Waals surface area contributed by atoms with Crippen LogP contribution in [0.15, 0.2) is 22.8 Å². The molecule has 7 nitrogen and oxygen atoms in total. The second-order valence-electron chi connectivity index (χ2n) is 7.39. The van der Waals surface area contributed by atoms with E-state index in [1.165, 1.54) is 0 Å². The highest BCUT2D eigenvalue weighted by Gasteiger charge is 2.27. The summed E-state index contributed by atoms with van der Waals surface area (Å²) in [7, 11) is 0. The molecule has 0 unspecified atom stereocenters. The molecule has 2 aliphatic rings. The number of amides is 3. The molecule has 0 atom stereocenters. The van der Waals surface area contributed by atoms with Crippen molar-refractivity contribution in [2.75, 3.05) is 26.2 Å². The molecular formula is C20H29N3O4. The lowest BCUT2D eigenvalue weighted by atomic mass is 9.95. The van der Waals surface area contributed by atoms with Gasteiger partial charge in [0, 0.05) is 44.9 Å². The molecule has 1 aromatic rings. The number of rotatable bonds is 6. The molecule has 0 spiro atoms. The van der Waals surface area contributed by atoms with Gasteiger partial charge in [-0.05, 0) is 37.8 Å². The van der Waals surface area contributed by atoms with Crippen LogP contribution < -0.4 is 5.32 Å². The zero-order valence-corrected chi connectivity index (χ0v) is 15.8. The van der Waals surface area contributed by atoms with Crippen LogP contribution in [0.3, 0.4) is 0 Å². The maximum absolute atomic E-state index is 12.5. The number of piperidine rings is 1. The number of likely N-dealkylation sites (tertiary alicyclic amines) is 2. The third-order valence-corrected chi connectivity index (χ3v) is 5.50. The van der Waals surface area contributed by atoms with E-state index in [-0.39, 0.29) is 23.6 Å². The summed E-state index contributed by atoms with van der Waals surface area (Å²) >= 11 is 0. The van der Waals surface area contributed by atoms with Crippen LogP contribution in [-0.4, -0.2) is 53.7 Å². The van der Waals surface area contributed by atoms with Gasteiger partial charge in [-0.25, -0.2) is 0 Å². The second-order valence-corrected chi connectivity index (χ2v) is 7.39. The molecule has 1 aromatic heterocycles. The van der Waals surface area contributed by atoms with E-state index < -0.39 is 0 Å². The third-order valence-electron chi connectivity index (χ3n) is 5.50. The van der Waals surface area contributed by atoms with Crippen LogP contribution in [0, 0.1) is 5.92 Å². The van der Waals surface area contributed by atoms with E-state index in [0.717, 1.165) is 31.6 Å². The highest BCUT2D eigenvalue weighted by atomic mass is 16.3. The summed E-state index contributed by atoms with van der Waals surface area (Å²) in [5, 5.41) is 2.90. The number of nitrogens with one attached hydrogen (secondary N) is 1.